The number of hydrogen-bond donors (Lipinski definition) is 1. The Morgan fingerprint density at radius 2 is 1.19 bits per heavy atom. The van der Waals surface area contributed by atoms with Crippen LogP contribution in [0.25, 0.3) is 11.1 Å². The Labute approximate surface area is 160 Å². The molecule has 1 nitrogen and oxygen atoms in total. The molecule has 0 saturated heterocycles. The molecule has 0 aliphatic carbocycles. The van der Waals surface area contributed by atoms with Crippen LogP contribution in [0.1, 0.15) is 22.3 Å². The third kappa shape index (κ3) is 4.27. The van der Waals surface area contributed by atoms with Crippen LogP contribution >= 0.6 is 0 Å². The second-order valence-electron chi connectivity index (χ2n) is 6.87. The van der Waals surface area contributed by atoms with E-state index >= 15 is 0 Å². The highest BCUT2D eigenvalue weighted by Crippen LogP contribution is 2.30. The van der Waals surface area contributed by atoms with Crippen molar-refractivity contribution in [3.05, 3.63) is 125 Å². The molecule has 132 valence electrons. The van der Waals surface area contributed by atoms with Crippen molar-refractivity contribution in [2.75, 3.05) is 0 Å². The van der Waals surface area contributed by atoms with E-state index in [1.165, 1.54) is 27.8 Å². The van der Waals surface area contributed by atoms with Gasteiger partial charge in [0.1, 0.15) is 5.75 Å². The van der Waals surface area contributed by atoms with Crippen molar-refractivity contribution in [3.63, 3.8) is 0 Å². The molecule has 0 heterocycles. The second-order valence-corrected chi connectivity index (χ2v) is 6.87. The predicted molar refractivity (Wildman–Crippen MR) is 112 cm³/mol. The van der Waals surface area contributed by atoms with Crippen LogP contribution in [0.5, 0.6) is 5.75 Å². The number of phenols is 1. The molecular formula is C26H22O. The van der Waals surface area contributed by atoms with Crippen molar-refractivity contribution in [1.82, 2.24) is 0 Å². The molecular weight excluding hydrogens is 328 g/mol. The first-order chi connectivity index (χ1) is 13.3. The molecule has 4 aromatic rings. The minimum Gasteiger partial charge on any atom is -0.508 e. The monoisotopic (exact) mass is 350 g/mol. The van der Waals surface area contributed by atoms with Gasteiger partial charge in [0.2, 0.25) is 0 Å². The summed E-state index contributed by atoms with van der Waals surface area (Å²) in [5, 5.41) is 9.96. The summed E-state index contributed by atoms with van der Waals surface area (Å²) in [5.41, 5.74) is 7.36. The topological polar surface area (TPSA) is 20.2 Å². The van der Waals surface area contributed by atoms with Gasteiger partial charge in [0.05, 0.1) is 0 Å². The van der Waals surface area contributed by atoms with E-state index in [-0.39, 0.29) is 0 Å². The maximum Gasteiger partial charge on any atom is 0.116 e. The van der Waals surface area contributed by atoms with Gasteiger partial charge in [-0.15, -0.1) is 0 Å². The first-order valence-corrected chi connectivity index (χ1v) is 9.27. The molecule has 0 atom stereocenters. The predicted octanol–water partition coefficient (Wildman–Crippen LogP) is 6.24. The maximum atomic E-state index is 9.96. The van der Waals surface area contributed by atoms with Crippen LogP contribution in [0, 0.1) is 0 Å². The lowest BCUT2D eigenvalue weighted by Crippen LogP contribution is -1.96. The maximum absolute atomic E-state index is 9.96. The van der Waals surface area contributed by atoms with Gasteiger partial charge in [-0.25, -0.2) is 0 Å². The lowest BCUT2D eigenvalue weighted by molar-refractivity contribution is 0.475. The first kappa shape index (κ1) is 17.1. The quantitative estimate of drug-likeness (QED) is 0.451. The fourth-order valence-corrected chi connectivity index (χ4v) is 3.48. The number of aromatic hydroxyl groups is 1. The molecule has 0 amide bonds. The first-order valence-electron chi connectivity index (χ1n) is 9.27. The van der Waals surface area contributed by atoms with Gasteiger partial charge in [-0.1, -0.05) is 91.0 Å². The van der Waals surface area contributed by atoms with E-state index in [0.717, 1.165) is 18.4 Å². The van der Waals surface area contributed by atoms with Gasteiger partial charge in [-0.05, 0) is 58.4 Å². The minimum absolute atomic E-state index is 0.298. The third-order valence-corrected chi connectivity index (χ3v) is 4.82. The number of hydrogen-bond acceptors (Lipinski definition) is 1. The number of phenolic OH excluding ortho intramolecular Hbond substituents is 1. The molecule has 1 N–H and O–H groups in total. The van der Waals surface area contributed by atoms with Gasteiger partial charge in [0.15, 0.2) is 0 Å². The second kappa shape index (κ2) is 7.92. The third-order valence-electron chi connectivity index (χ3n) is 4.82. The van der Waals surface area contributed by atoms with Crippen LogP contribution in [-0.2, 0) is 12.8 Å². The summed E-state index contributed by atoms with van der Waals surface area (Å²) in [6, 6.07) is 35.3. The van der Waals surface area contributed by atoms with Crippen molar-refractivity contribution < 1.29 is 5.11 Å². The molecule has 0 unspecified atom stereocenters. The molecule has 0 fully saturated rings. The lowest BCUT2D eigenvalue weighted by atomic mass is 9.91. The molecule has 0 spiro atoms. The number of benzene rings is 4. The smallest absolute Gasteiger partial charge is 0.116 e. The summed E-state index contributed by atoms with van der Waals surface area (Å²) < 4.78 is 0. The Kier molecular flexibility index (Phi) is 5.02. The summed E-state index contributed by atoms with van der Waals surface area (Å²) in [7, 11) is 0. The molecule has 0 aromatic heterocycles. The molecule has 0 saturated carbocycles. The zero-order valence-electron chi connectivity index (χ0n) is 15.2. The zero-order chi connectivity index (χ0) is 18.5. The van der Waals surface area contributed by atoms with Gasteiger partial charge >= 0.3 is 0 Å². The molecule has 0 radical (unpaired) electrons. The Hall–Kier alpha value is -3.32. The van der Waals surface area contributed by atoms with E-state index < -0.39 is 0 Å². The summed E-state index contributed by atoms with van der Waals surface area (Å²) in [6.07, 6.45) is 1.77. The van der Waals surface area contributed by atoms with Gasteiger partial charge in [-0.2, -0.15) is 0 Å². The SMILES string of the molecule is Oc1cccc(-c2cc(Cc3ccccc3)ccc2Cc2ccccc2)c1. The molecule has 4 aromatic carbocycles. The van der Waals surface area contributed by atoms with Crippen molar-refractivity contribution in [2.45, 2.75) is 12.8 Å². The Bertz CT molecular complexity index is 1020. The van der Waals surface area contributed by atoms with Crippen molar-refractivity contribution >= 4 is 0 Å². The minimum atomic E-state index is 0.298. The Morgan fingerprint density at radius 1 is 0.519 bits per heavy atom. The fourth-order valence-electron chi connectivity index (χ4n) is 3.48. The van der Waals surface area contributed by atoms with Crippen LogP contribution in [0.2, 0.25) is 0 Å². The van der Waals surface area contributed by atoms with Crippen LogP contribution in [-0.4, -0.2) is 5.11 Å². The zero-order valence-corrected chi connectivity index (χ0v) is 15.2. The molecule has 0 aliphatic heterocycles. The highest BCUT2D eigenvalue weighted by Gasteiger charge is 2.09. The Balaban J connectivity index is 1.74. The van der Waals surface area contributed by atoms with E-state index in [2.05, 4.69) is 72.8 Å². The molecule has 0 aliphatic rings. The summed E-state index contributed by atoms with van der Waals surface area (Å²) >= 11 is 0. The molecule has 4 rings (SSSR count). The standard InChI is InChI=1S/C26H22O/c27-25-13-7-12-23(19-25)26-18-22(16-20-8-3-1-4-9-20)14-15-24(26)17-21-10-5-2-6-11-21/h1-15,18-19,27H,16-17H2. The Morgan fingerprint density at radius 3 is 1.85 bits per heavy atom. The average Bonchev–Trinajstić information content (AvgIpc) is 2.71. The average molecular weight is 350 g/mol. The molecule has 27 heavy (non-hydrogen) atoms. The normalized spacial score (nSPS) is 10.7. The van der Waals surface area contributed by atoms with Gasteiger partial charge in [0.25, 0.3) is 0 Å². The van der Waals surface area contributed by atoms with E-state index in [4.69, 9.17) is 0 Å². The largest absolute Gasteiger partial charge is 0.508 e. The van der Waals surface area contributed by atoms with Gasteiger partial charge in [0, 0.05) is 0 Å². The van der Waals surface area contributed by atoms with E-state index in [1.54, 1.807) is 6.07 Å². The number of rotatable bonds is 5. The molecule has 0 bridgehead atoms. The van der Waals surface area contributed by atoms with Crippen LogP contribution in [0.3, 0.4) is 0 Å². The molecule has 1 heteroatoms. The lowest BCUT2D eigenvalue weighted by Gasteiger charge is -2.13. The van der Waals surface area contributed by atoms with E-state index in [9.17, 15) is 5.11 Å². The van der Waals surface area contributed by atoms with E-state index in [1.807, 2.05) is 24.3 Å². The van der Waals surface area contributed by atoms with Crippen LogP contribution < -0.4 is 0 Å². The summed E-state index contributed by atoms with van der Waals surface area (Å²) in [4.78, 5) is 0. The van der Waals surface area contributed by atoms with Crippen molar-refractivity contribution in [2.24, 2.45) is 0 Å². The van der Waals surface area contributed by atoms with E-state index in [0.29, 0.717) is 5.75 Å². The van der Waals surface area contributed by atoms with Crippen molar-refractivity contribution in [3.8, 4) is 16.9 Å². The van der Waals surface area contributed by atoms with Gasteiger partial charge in [-0.3, -0.25) is 0 Å². The fraction of sp³-hybridized carbons (Fsp3) is 0.0769. The van der Waals surface area contributed by atoms with Gasteiger partial charge < -0.3 is 5.11 Å². The highest BCUT2D eigenvalue weighted by atomic mass is 16.3. The summed E-state index contributed by atoms with van der Waals surface area (Å²) in [6.45, 7) is 0. The van der Waals surface area contributed by atoms with Crippen molar-refractivity contribution in [1.29, 1.82) is 0 Å². The van der Waals surface area contributed by atoms with Crippen LogP contribution in [0.4, 0.5) is 0 Å². The van der Waals surface area contributed by atoms with Crippen LogP contribution in [0.15, 0.2) is 103 Å². The summed E-state index contributed by atoms with van der Waals surface area (Å²) in [5.74, 6) is 0.298. The highest BCUT2D eigenvalue weighted by molar-refractivity contribution is 5.70.